The molecule has 0 aliphatic carbocycles. The molecule has 0 atom stereocenters. The maximum absolute atomic E-state index is 12.7. The molecule has 1 saturated heterocycles. The Bertz CT molecular complexity index is 617. The molecule has 0 saturated carbocycles. The SMILES string of the molecule is CCC1(CC)CC(=O)N(c2cccc(C(=O)O)c2C)C1=O. The minimum absolute atomic E-state index is 0.110. The molecule has 1 aliphatic heterocycles. The summed E-state index contributed by atoms with van der Waals surface area (Å²) in [5.74, 6) is -1.54. The van der Waals surface area contributed by atoms with Gasteiger partial charge in [-0.2, -0.15) is 0 Å². The van der Waals surface area contributed by atoms with Crippen LogP contribution in [0.15, 0.2) is 18.2 Å². The van der Waals surface area contributed by atoms with Crippen LogP contribution in [0.5, 0.6) is 0 Å². The fraction of sp³-hybridized carbons (Fsp3) is 0.438. The summed E-state index contributed by atoms with van der Waals surface area (Å²) in [5.41, 5.74) is 0.282. The van der Waals surface area contributed by atoms with Crippen molar-refractivity contribution >= 4 is 23.5 Å². The molecule has 112 valence electrons. The lowest BCUT2D eigenvalue weighted by molar-refractivity contribution is -0.126. The number of nitrogens with zero attached hydrogens (tertiary/aromatic N) is 1. The van der Waals surface area contributed by atoms with Crippen LogP contribution in [0.1, 0.15) is 49.0 Å². The van der Waals surface area contributed by atoms with Crippen LogP contribution in [0.2, 0.25) is 0 Å². The summed E-state index contributed by atoms with van der Waals surface area (Å²) in [5, 5.41) is 9.17. The van der Waals surface area contributed by atoms with Crippen LogP contribution in [-0.2, 0) is 9.59 Å². The van der Waals surface area contributed by atoms with Gasteiger partial charge in [0.2, 0.25) is 11.8 Å². The number of carboxylic acids is 1. The maximum atomic E-state index is 12.7. The number of benzene rings is 1. The predicted octanol–water partition coefficient (Wildman–Crippen LogP) is 2.76. The zero-order valence-electron chi connectivity index (χ0n) is 12.5. The Balaban J connectivity index is 2.53. The lowest BCUT2D eigenvalue weighted by Crippen LogP contribution is -2.35. The third-order valence-electron chi connectivity index (χ3n) is 4.53. The summed E-state index contributed by atoms with van der Waals surface area (Å²) >= 11 is 0. The molecule has 1 aromatic rings. The number of aromatic carboxylic acids is 1. The van der Waals surface area contributed by atoms with Gasteiger partial charge in [0.15, 0.2) is 0 Å². The highest BCUT2D eigenvalue weighted by atomic mass is 16.4. The fourth-order valence-corrected chi connectivity index (χ4v) is 2.94. The van der Waals surface area contributed by atoms with Crippen molar-refractivity contribution in [2.75, 3.05) is 4.90 Å². The average molecular weight is 289 g/mol. The summed E-state index contributed by atoms with van der Waals surface area (Å²) < 4.78 is 0. The second-order valence-electron chi connectivity index (χ2n) is 5.45. The molecule has 5 heteroatoms. The second-order valence-corrected chi connectivity index (χ2v) is 5.45. The van der Waals surface area contributed by atoms with Gasteiger partial charge in [-0.05, 0) is 37.5 Å². The van der Waals surface area contributed by atoms with Gasteiger partial charge in [-0.1, -0.05) is 19.9 Å². The highest BCUT2D eigenvalue weighted by Crippen LogP contribution is 2.42. The Kier molecular flexibility index (Phi) is 3.85. The number of amides is 2. The van der Waals surface area contributed by atoms with E-state index in [2.05, 4.69) is 0 Å². The fourth-order valence-electron chi connectivity index (χ4n) is 2.94. The van der Waals surface area contributed by atoms with Crippen molar-refractivity contribution in [3.8, 4) is 0 Å². The van der Waals surface area contributed by atoms with Crippen LogP contribution in [0.4, 0.5) is 5.69 Å². The summed E-state index contributed by atoms with van der Waals surface area (Å²) in [7, 11) is 0. The molecule has 2 rings (SSSR count). The standard InChI is InChI=1S/C16H19NO4/c1-4-16(5-2)9-13(18)17(15(16)21)12-8-6-7-11(10(12)3)14(19)20/h6-8H,4-5,9H2,1-3H3,(H,19,20). The Hall–Kier alpha value is -2.17. The molecule has 5 nitrogen and oxygen atoms in total. The topological polar surface area (TPSA) is 74.7 Å². The number of hydrogen-bond donors (Lipinski definition) is 1. The molecule has 21 heavy (non-hydrogen) atoms. The molecule has 2 amide bonds. The van der Waals surface area contributed by atoms with E-state index in [4.69, 9.17) is 0 Å². The number of carbonyl (C=O) groups excluding carboxylic acids is 2. The van der Waals surface area contributed by atoms with Gasteiger partial charge in [-0.25, -0.2) is 9.69 Å². The van der Waals surface area contributed by atoms with Crippen molar-refractivity contribution in [1.82, 2.24) is 0 Å². The van der Waals surface area contributed by atoms with Crippen molar-refractivity contribution in [2.45, 2.75) is 40.0 Å². The Labute approximate surface area is 123 Å². The third kappa shape index (κ3) is 2.22. The number of rotatable bonds is 4. The van der Waals surface area contributed by atoms with E-state index in [1.165, 1.54) is 6.07 Å². The zero-order chi connectivity index (χ0) is 15.8. The summed E-state index contributed by atoms with van der Waals surface area (Å²) in [6.45, 7) is 5.43. The van der Waals surface area contributed by atoms with Crippen LogP contribution in [-0.4, -0.2) is 22.9 Å². The van der Waals surface area contributed by atoms with Gasteiger partial charge in [0.25, 0.3) is 0 Å². The number of imide groups is 1. The first kappa shape index (κ1) is 15.2. The van der Waals surface area contributed by atoms with E-state index >= 15 is 0 Å². The molecule has 0 unspecified atom stereocenters. The van der Waals surface area contributed by atoms with E-state index in [1.807, 2.05) is 13.8 Å². The molecule has 1 N–H and O–H groups in total. The Morgan fingerprint density at radius 3 is 2.38 bits per heavy atom. The first-order chi connectivity index (χ1) is 9.88. The molecule has 1 fully saturated rings. The number of carbonyl (C=O) groups is 3. The van der Waals surface area contributed by atoms with Crippen molar-refractivity contribution in [1.29, 1.82) is 0 Å². The highest BCUT2D eigenvalue weighted by Gasteiger charge is 2.50. The molecule has 0 aromatic heterocycles. The smallest absolute Gasteiger partial charge is 0.336 e. The molecular weight excluding hydrogens is 270 g/mol. The largest absolute Gasteiger partial charge is 0.478 e. The molecule has 0 bridgehead atoms. The second kappa shape index (κ2) is 5.31. The monoisotopic (exact) mass is 289 g/mol. The van der Waals surface area contributed by atoms with Gasteiger partial charge in [0.1, 0.15) is 0 Å². The van der Waals surface area contributed by atoms with Crippen LogP contribution in [0.3, 0.4) is 0 Å². The zero-order valence-corrected chi connectivity index (χ0v) is 12.5. The molecule has 1 heterocycles. The molecule has 0 spiro atoms. The van der Waals surface area contributed by atoms with Crippen LogP contribution < -0.4 is 4.90 Å². The molecule has 1 aromatic carbocycles. The van der Waals surface area contributed by atoms with E-state index in [1.54, 1.807) is 19.1 Å². The van der Waals surface area contributed by atoms with Gasteiger partial charge in [-0.15, -0.1) is 0 Å². The van der Waals surface area contributed by atoms with Crippen molar-refractivity contribution in [2.24, 2.45) is 5.41 Å². The van der Waals surface area contributed by atoms with E-state index in [-0.39, 0.29) is 23.8 Å². The van der Waals surface area contributed by atoms with E-state index in [0.29, 0.717) is 24.1 Å². The summed E-state index contributed by atoms with van der Waals surface area (Å²) in [6.07, 6.45) is 1.39. The predicted molar refractivity (Wildman–Crippen MR) is 78.3 cm³/mol. The Morgan fingerprint density at radius 2 is 1.90 bits per heavy atom. The Morgan fingerprint density at radius 1 is 1.29 bits per heavy atom. The third-order valence-corrected chi connectivity index (χ3v) is 4.53. The van der Waals surface area contributed by atoms with Crippen molar-refractivity contribution < 1.29 is 19.5 Å². The normalized spacial score (nSPS) is 17.4. The van der Waals surface area contributed by atoms with Crippen LogP contribution in [0.25, 0.3) is 0 Å². The van der Waals surface area contributed by atoms with Crippen LogP contribution >= 0.6 is 0 Å². The maximum Gasteiger partial charge on any atom is 0.336 e. The van der Waals surface area contributed by atoms with E-state index in [9.17, 15) is 19.5 Å². The van der Waals surface area contributed by atoms with Gasteiger partial charge >= 0.3 is 5.97 Å². The first-order valence-electron chi connectivity index (χ1n) is 7.08. The lowest BCUT2D eigenvalue weighted by Gasteiger charge is -2.24. The number of carboxylic acid groups (broad SMARTS) is 1. The highest BCUT2D eigenvalue weighted by molar-refractivity contribution is 6.23. The van der Waals surface area contributed by atoms with Crippen molar-refractivity contribution in [3.63, 3.8) is 0 Å². The molecular formula is C16H19NO4. The van der Waals surface area contributed by atoms with Gasteiger partial charge in [0.05, 0.1) is 16.7 Å². The minimum Gasteiger partial charge on any atom is -0.478 e. The molecule has 0 radical (unpaired) electrons. The lowest BCUT2D eigenvalue weighted by atomic mass is 9.81. The average Bonchev–Trinajstić information content (AvgIpc) is 2.71. The van der Waals surface area contributed by atoms with Crippen molar-refractivity contribution in [3.05, 3.63) is 29.3 Å². The molecule has 1 aliphatic rings. The van der Waals surface area contributed by atoms with Gasteiger partial charge in [-0.3, -0.25) is 9.59 Å². The van der Waals surface area contributed by atoms with Gasteiger partial charge < -0.3 is 5.11 Å². The number of hydrogen-bond acceptors (Lipinski definition) is 3. The van der Waals surface area contributed by atoms with Crippen LogP contribution in [0, 0.1) is 12.3 Å². The quantitative estimate of drug-likeness (QED) is 0.865. The van der Waals surface area contributed by atoms with E-state index < -0.39 is 11.4 Å². The summed E-state index contributed by atoms with van der Waals surface area (Å²) in [6, 6.07) is 4.66. The summed E-state index contributed by atoms with van der Waals surface area (Å²) in [4.78, 5) is 37.4. The van der Waals surface area contributed by atoms with E-state index in [0.717, 1.165) is 4.90 Å². The van der Waals surface area contributed by atoms with Gasteiger partial charge in [0, 0.05) is 6.42 Å². The first-order valence-corrected chi connectivity index (χ1v) is 7.08. The number of anilines is 1. The minimum atomic E-state index is -1.06.